The van der Waals surface area contributed by atoms with Crippen LogP contribution in [0.25, 0.3) is 11.4 Å². The summed E-state index contributed by atoms with van der Waals surface area (Å²) in [7, 11) is 0. The lowest BCUT2D eigenvalue weighted by molar-refractivity contribution is 0.421. The van der Waals surface area contributed by atoms with Crippen molar-refractivity contribution in [3.05, 3.63) is 18.0 Å². The van der Waals surface area contributed by atoms with Gasteiger partial charge in [-0.1, -0.05) is 10.4 Å². The van der Waals surface area contributed by atoms with E-state index in [9.17, 15) is 0 Å². The summed E-state index contributed by atoms with van der Waals surface area (Å²) in [6, 6.07) is 2.33. The van der Waals surface area contributed by atoms with Crippen LogP contribution in [0.4, 0.5) is 0 Å². The molecule has 0 N–H and O–H groups in total. The lowest BCUT2D eigenvalue weighted by Gasteiger charge is -2.02. The Kier molecular flexibility index (Phi) is 2.01. The molecule has 6 nitrogen and oxygen atoms in total. The lowest BCUT2D eigenvalue weighted by Crippen LogP contribution is -2.10. The molecular weight excluding hydrogens is 218 g/mol. The Hall–Kier alpha value is -2.16. The van der Waals surface area contributed by atoms with E-state index in [1.165, 1.54) is 0 Å². The summed E-state index contributed by atoms with van der Waals surface area (Å²) in [5.74, 6) is 0. The summed E-state index contributed by atoms with van der Waals surface area (Å²) < 4.78 is 6.57. The van der Waals surface area contributed by atoms with Crippen molar-refractivity contribution in [1.82, 2.24) is 20.2 Å². The van der Waals surface area contributed by atoms with Gasteiger partial charge < -0.3 is 4.52 Å². The number of rotatable bonds is 3. The predicted octanol–water partition coefficient (Wildman–Crippen LogP) is 1.55. The van der Waals surface area contributed by atoms with E-state index in [0.717, 1.165) is 18.4 Å². The van der Waals surface area contributed by atoms with Crippen molar-refractivity contribution in [1.29, 1.82) is 5.26 Å². The average molecular weight is 229 g/mol. The fraction of sp³-hybridized carbons (Fsp3) is 0.455. The molecule has 6 heteroatoms. The molecule has 2 aromatic heterocycles. The van der Waals surface area contributed by atoms with E-state index in [-0.39, 0.29) is 5.41 Å². The van der Waals surface area contributed by atoms with Gasteiger partial charge in [-0.05, 0) is 19.8 Å². The first kappa shape index (κ1) is 10.0. The van der Waals surface area contributed by atoms with E-state index in [1.54, 1.807) is 10.9 Å². The smallest absolute Gasteiger partial charge is 0.138 e. The normalized spacial score (nSPS) is 16.7. The van der Waals surface area contributed by atoms with Gasteiger partial charge in [0.25, 0.3) is 0 Å². The van der Waals surface area contributed by atoms with Gasteiger partial charge in [0.15, 0.2) is 0 Å². The average Bonchev–Trinajstić information content (AvgIpc) is 2.72. The minimum absolute atomic E-state index is 0.218. The zero-order valence-corrected chi connectivity index (χ0v) is 9.42. The van der Waals surface area contributed by atoms with Gasteiger partial charge in [-0.25, -0.2) is 0 Å². The molecule has 17 heavy (non-hydrogen) atoms. The maximum atomic E-state index is 9.01. The second-order valence-corrected chi connectivity index (χ2v) is 4.54. The van der Waals surface area contributed by atoms with Crippen molar-refractivity contribution in [2.75, 3.05) is 0 Å². The van der Waals surface area contributed by atoms with E-state index in [4.69, 9.17) is 9.78 Å². The summed E-state index contributed by atoms with van der Waals surface area (Å²) in [6.45, 7) is 2.51. The summed E-state index contributed by atoms with van der Waals surface area (Å²) in [6.07, 6.45) is 5.28. The molecule has 1 aliphatic carbocycles. The maximum Gasteiger partial charge on any atom is 0.138 e. The Labute approximate surface area is 97.8 Å². The number of hydrogen-bond acceptors (Lipinski definition) is 5. The SMILES string of the molecule is Cc1conc1-c1cn(CC2(C#N)CC2)nn1. The first-order valence-electron chi connectivity index (χ1n) is 5.45. The number of hydrogen-bond donors (Lipinski definition) is 0. The molecule has 0 radical (unpaired) electrons. The highest BCUT2D eigenvalue weighted by atomic mass is 16.5. The molecule has 0 aliphatic heterocycles. The third kappa shape index (κ3) is 1.69. The molecule has 0 aromatic carbocycles. The van der Waals surface area contributed by atoms with Crippen molar-refractivity contribution >= 4 is 0 Å². The van der Waals surface area contributed by atoms with Crippen LogP contribution >= 0.6 is 0 Å². The Morgan fingerprint density at radius 1 is 1.59 bits per heavy atom. The zero-order valence-electron chi connectivity index (χ0n) is 9.42. The Balaban J connectivity index is 1.84. The highest BCUT2D eigenvalue weighted by Crippen LogP contribution is 2.46. The van der Waals surface area contributed by atoms with Gasteiger partial charge in [-0.2, -0.15) is 5.26 Å². The van der Waals surface area contributed by atoms with Crippen molar-refractivity contribution in [3.63, 3.8) is 0 Å². The molecule has 0 amide bonds. The molecule has 0 bridgehead atoms. The van der Waals surface area contributed by atoms with Crippen LogP contribution in [0, 0.1) is 23.7 Å². The monoisotopic (exact) mass is 229 g/mol. The molecule has 0 unspecified atom stereocenters. The molecule has 3 rings (SSSR count). The molecule has 1 fully saturated rings. The molecule has 0 atom stereocenters. The highest BCUT2D eigenvalue weighted by Gasteiger charge is 2.43. The topological polar surface area (TPSA) is 80.5 Å². The van der Waals surface area contributed by atoms with Crippen molar-refractivity contribution in [3.8, 4) is 17.5 Å². The van der Waals surface area contributed by atoms with Gasteiger partial charge in [0, 0.05) is 5.56 Å². The molecule has 86 valence electrons. The van der Waals surface area contributed by atoms with Crippen LogP contribution in [-0.2, 0) is 6.54 Å². The summed E-state index contributed by atoms with van der Waals surface area (Å²) in [4.78, 5) is 0. The van der Waals surface area contributed by atoms with Gasteiger partial charge in [0.1, 0.15) is 17.7 Å². The molecule has 0 spiro atoms. The third-order valence-corrected chi connectivity index (χ3v) is 3.08. The van der Waals surface area contributed by atoms with E-state index >= 15 is 0 Å². The lowest BCUT2D eigenvalue weighted by atomic mass is 10.1. The fourth-order valence-electron chi connectivity index (χ4n) is 1.79. The predicted molar refractivity (Wildman–Crippen MR) is 57.5 cm³/mol. The largest absolute Gasteiger partial charge is 0.364 e. The third-order valence-electron chi connectivity index (χ3n) is 3.08. The van der Waals surface area contributed by atoms with Gasteiger partial charge in [0.2, 0.25) is 0 Å². The fourth-order valence-corrected chi connectivity index (χ4v) is 1.79. The molecule has 2 aromatic rings. The number of aromatic nitrogens is 4. The van der Waals surface area contributed by atoms with E-state index in [2.05, 4.69) is 21.5 Å². The minimum atomic E-state index is -0.218. The van der Waals surface area contributed by atoms with Gasteiger partial charge in [-0.3, -0.25) is 4.68 Å². The van der Waals surface area contributed by atoms with E-state index in [0.29, 0.717) is 17.9 Å². The van der Waals surface area contributed by atoms with Crippen LogP contribution < -0.4 is 0 Å². The standard InChI is InChI=1S/C11H11N5O/c1-8-5-17-14-10(8)9-4-16(15-13-9)7-11(6-12)2-3-11/h4-5H,2-3,7H2,1H3. The second kappa shape index (κ2) is 3.42. The van der Waals surface area contributed by atoms with Crippen LogP contribution in [0.1, 0.15) is 18.4 Å². The second-order valence-electron chi connectivity index (χ2n) is 4.54. The van der Waals surface area contributed by atoms with Crippen LogP contribution in [0.3, 0.4) is 0 Å². The van der Waals surface area contributed by atoms with Gasteiger partial charge in [-0.15, -0.1) is 5.10 Å². The Morgan fingerprint density at radius 3 is 3.00 bits per heavy atom. The van der Waals surface area contributed by atoms with E-state index in [1.807, 2.05) is 13.1 Å². The maximum absolute atomic E-state index is 9.01. The number of aryl methyl sites for hydroxylation is 1. The number of nitrogens with zero attached hydrogens (tertiary/aromatic N) is 5. The minimum Gasteiger partial charge on any atom is -0.364 e. The first-order chi connectivity index (χ1) is 8.22. The Bertz CT molecular complexity index is 587. The van der Waals surface area contributed by atoms with Crippen molar-refractivity contribution < 1.29 is 4.52 Å². The first-order valence-corrected chi connectivity index (χ1v) is 5.45. The highest BCUT2D eigenvalue weighted by molar-refractivity contribution is 5.55. The van der Waals surface area contributed by atoms with E-state index < -0.39 is 0 Å². The van der Waals surface area contributed by atoms with Gasteiger partial charge >= 0.3 is 0 Å². The molecule has 0 saturated heterocycles. The number of nitriles is 1. The molecule has 1 saturated carbocycles. The van der Waals surface area contributed by atoms with Crippen LogP contribution in [0.2, 0.25) is 0 Å². The van der Waals surface area contributed by atoms with Gasteiger partial charge in [0.05, 0.1) is 24.2 Å². The molecule has 1 aliphatic rings. The summed E-state index contributed by atoms with van der Waals surface area (Å²) in [5, 5.41) is 21.0. The molecule has 2 heterocycles. The molecular formula is C11H11N5O. The van der Waals surface area contributed by atoms with Crippen molar-refractivity contribution in [2.24, 2.45) is 5.41 Å². The quantitative estimate of drug-likeness (QED) is 0.797. The van der Waals surface area contributed by atoms with Crippen LogP contribution in [-0.4, -0.2) is 20.2 Å². The zero-order chi connectivity index (χ0) is 11.9. The summed E-state index contributed by atoms with van der Waals surface area (Å²) in [5.41, 5.74) is 2.10. The van der Waals surface area contributed by atoms with Crippen LogP contribution in [0.5, 0.6) is 0 Å². The summed E-state index contributed by atoms with van der Waals surface area (Å²) >= 11 is 0. The van der Waals surface area contributed by atoms with Crippen LogP contribution in [0.15, 0.2) is 17.0 Å². The van der Waals surface area contributed by atoms with Crippen molar-refractivity contribution in [2.45, 2.75) is 26.3 Å². The Morgan fingerprint density at radius 2 is 2.41 bits per heavy atom.